The summed E-state index contributed by atoms with van der Waals surface area (Å²) in [7, 11) is 12.9. The molecule has 3 atom stereocenters. The second kappa shape index (κ2) is 23.7. The van der Waals surface area contributed by atoms with Crippen molar-refractivity contribution in [1.29, 1.82) is 0 Å². The van der Waals surface area contributed by atoms with Crippen LogP contribution >= 0.6 is 34.0 Å². The molecule has 3 unspecified atom stereocenters. The third kappa shape index (κ3) is 12.0. The number of carboxylic acid groups (broad SMARTS) is 1. The van der Waals surface area contributed by atoms with Crippen LogP contribution in [0, 0.1) is 0 Å². The third-order valence-electron chi connectivity index (χ3n) is 11.9. The zero-order valence-electron chi connectivity index (χ0n) is 39.8. The van der Waals surface area contributed by atoms with Gasteiger partial charge in [0.15, 0.2) is 0 Å². The first-order valence-electron chi connectivity index (χ1n) is 22.0. The van der Waals surface area contributed by atoms with Crippen LogP contribution in [0.5, 0.6) is 0 Å². The van der Waals surface area contributed by atoms with E-state index in [1.54, 1.807) is 23.5 Å². The Labute approximate surface area is 421 Å². The summed E-state index contributed by atoms with van der Waals surface area (Å²) in [5.74, 6) is -1.34. The van der Waals surface area contributed by atoms with Gasteiger partial charge in [-0.3, -0.25) is 0 Å². The molecular weight excluding hydrogens is 920 g/mol. The number of aliphatic hydroxyl groups excluding tert-OH is 4. The number of carbonyl (C=O) groups excluding carboxylic acids is 1. The Morgan fingerprint density at radius 2 is 0.956 bits per heavy atom. The van der Waals surface area contributed by atoms with Gasteiger partial charge < -0.3 is 50.4 Å². The van der Waals surface area contributed by atoms with Crippen molar-refractivity contribution in [3.63, 3.8) is 0 Å². The standard InChI is InChI=1S/C17H20N2O3S.C16H18N2O3S.C16H20N2O2S.Li.H2O/c1-19(2)10-7-8-11(12(9-10)17(21)22-3)16-18-13-5-4-6-14(20)15(13)23-16;1-18(2)9-6-7-10(11(8-9)16(20)21)15-17-12-4-3-5-13(19)14(12)22-15;1-18(2)11-6-7-12(10(8-11)9-19)16-17-13-4-3-5-14(20)15(13)21-16;;/h7-9,14,20H,4-6H2,1-3H3;6-8,13,19H,3-5H2,1-2H3,(H,20,21);6-8,14,19-20H,3-5,9H2,1-2H3;;1H2/q;;;+1;/p-1. The number of aliphatic hydroxyl groups is 4. The molecule has 0 fully saturated rings. The molecule has 6 aromatic rings. The number of nitrogens with zero attached hydrogens (tertiary/aromatic N) is 6. The molecule has 358 valence electrons. The van der Waals surface area contributed by atoms with Crippen LogP contribution in [0.2, 0.25) is 0 Å². The number of benzene rings is 3. The SMILES string of the molecule is CN(C)c1ccc(-c2nc3c(s2)C(O)CCC3)c(C(=O)O)c1.CN(C)c1ccc(-c2nc3c(s2)C(O)CCC3)c(CO)c1.COC(=O)c1cc(N(C)C)ccc1-c1nc2c(s1)C(O)CCC2.[Li+].[OH-]. The fourth-order valence-electron chi connectivity index (χ4n) is 8.18. The minimum absolute atomic E-state index is 0. The normalized spacial score (nSPS) is 16.7. The monoisotopic (exact) mass is 978 g/mol. The van der Waals surface area contributed by atoms with E-state index in [1.807, 2.05) is 99.5 Å². The van der Waals surface area contributed by atoms with Crippen LogP contribution in [-0.2, 0) is 30.6 Å². The molecule has 3 aliphatic carbocycles. The number of carbonyl (C=O) groups is 2. The Morgan fingerprint density at radius 1 is 0.603 bits per heavy atom. The number of rotatable bonds is 9. The van der Waals surface area contributed by atoms with Gasteiger partial charge in [-0.15, -0.1) is 34.0 Å². The molecule has 0 amide bonds. The fraction of sp³-hybridized carbons (Fsp3) is 0.408. The molecule has 15 nitrogen and oxygen atoms in total. The molecule has 6 N–H and O–H groups in total. The predicted molar refractivity (Wildman–Crippen MR) is 265 cm³/mol. The predicted octanol–water partition coefficient (Wildman–Crippen LogP) is 5.54. The van der Waals surface area contributed by atoms with E-state index in [9.17, 15) is 35.1 Å². The summed E-state index contributed by atoms with van der Waals surface area (Å²) in [6.07, 6.45) is 6.59. The van der Waals surface area contributed by atoms with Gasteiger partial charge in [0.25, 0.3) is 0 Å². The second-order valence-corrected chi connectivity index (χ2v) is 20.2. The number of methoxy groups -OCH3 is 1. The number of aryl methyl sites for hydroxylation is 3. The summed E-state index contributed by atoms with van der Waals surface area (Å²) in [6, 6.07) is 17.1. The molecule has 0 saturated heterocycles. The summed E-state index contributed by atoms with van der Waals surface area (Å²) < 4.78 is 4.93. The van der Waals surface area contributed by atoms with Gasteiger partial charge in [0.1, 0.15) is 15.0 Å². The average molecular weight is 979 g/mol. The zero-order valence-corrected chi connectivity index (χ0v) is 42.3. The van der Waals surface area contributed by atoms with E-state index < -0.39 is 18.2 Å². The summed E-state index contributed by atoms with van der Waals surface area (Å²) in [5, 5.41) is 51.8. The van der Waals surface area contributed by atoms with Crippen LogP contribution in [0.15, 0.2) is 54.6 Å². The maximum absolute atomic E-state index is 12.2. The minimum Gasteiger partial charge on any atom is -0.870 e. The molecule has 68 heavy (non-hydrogen) atoms. The number of ether oxygens (including phenoxy) is 1. The summed E-state index contributed by atoms with van der Waals surface area (Å²) in [6.45, 7) is -0.0101. The van der Waals surface area contributed by atoms with E-state index >= 15 is 0 Å². The Balaban J connectivity index is 0.000000188. The molecule has 0 radical (unpaired) electrons. The van der Waals surface area contributed by atoms with E-state index in [2.05, 4.69) is 15.0 Å². The molecule has 3 aromatic carbocycles. The van der Waals surface area contributed by atoms with Gasteiger partial charge in [-0.05, 0) is 118 Å². The van der Waals surface area contributed by atoms with Gasteiger partial charge in [0, 0.05) is 76.0 Å². The molecule has 3 aliphatic rings. The molecule has 3 heterocycles. The molecule has 9 rings (SSSR count). The van der Waals surface area contributed by atoms with Crippen LogP contribution in [-0.4, -0.2) is 107 Å². The third-order valence-corrected chi connectivity index (χ3v) is 15.6. The topological polar surface area (TPSA) is 223 Å². The van der Waals surface area contributed by atoms with Crippen LogP contribution < -0.4 is 33.6 Å². The second-order valence-electron chi connectivity index (χ2n) is 17.2. The van der Waals surface area contributed by atoms with Crippen molar-refractivity contribution in [2.45, 2.75) is 82.7 Å². The number of hydrogen-bond acceptors (Lipinski definition) is 17. The number of anilines is 3. The number of aromatic carboxylic acids is 1. The van der Waals surface area contributed by atoms with Crippen molar-refractivity contribution in [2.24, 2.45) is 0 Å². The van der Waals surface area contributed by atoms with E-state index in [0.717, 1.165) is 133 Å². The van der Waals surface area contributed by atoms with Crippen molar-refractivity contribution >= 4 is 63.0 Å². The molecule has 0 saturated carbocycles. The Bertz CT molecular complexity index is 2700. The first-order valence-corrected chi connectivity index (χ1v) is 24.4. The summed E-state index contributed by atoms with van der Waals surface area (Å²) in [5.41, 5.74) is 9.67. The Hall–Kier alpha value is -4.71. The average Bonchev–Trinajstić information content (AvgIpc) is 4.07. The minimum atomic E-state index is -0.965. The molecule has 0 bridgehead atoms. The van der Waals surface area contributed by atoms with Crippen molar-refractivity contribution in [2.75, 3.05) is 64.1 Å². The maximum atomic E-state index is 12.2. The van der Waals surface area contributed by atoms with Crippen molar-refractivity contribution in [3.8, 4) is 31.7 Å². The van der Waals surface area contributed by atoms with E-state index in [0.29, 0.717) is 16.1 Å². The largest absolute Gasteiger partial charge is 1.00 e. The molecule has 19 heteroatoms. The number of fused-ring (bicyclic) bond motifs is 3. The van der Waals surface area contributed by atoms with Crippen LogP contribution in [0.3, 0.4) is 0 Å². The number of esters is 1. The number of hydrogen-bond donors (Lipinski definition) is 5. The fourth-order valence-corrected chi connectivity index (χ4v) is 11.7. The smallest absolute Gasteiger partial charge is 0.870 e. The van der Waals surface area contributed by atoms with E-state index in [4.69, 9.17) is 4.74 Å². The van der Waals surface area contributed by atoms with Crippen molar-refractivity contribution in [3.05, 3.63) is 103 Å². The molecular formula is C49H59LiN6O9S3. The van der Waals surface area contributed by atoms with Gasteiger partial charge in [-0.2, -0.15) is 0 Å². The van der Waals surface area contributed by atoms with E-state index in [1.165, 1.54) is 29.8 Å². The Kier molecular flexibility index (Phi) is 18.9. The van der Waals surface area contributed by atoms with Gasteiger partial charge >= 0.3 is 30.8 Å². The van der Waals surface area contributed by atoms with Crippen molar-refractivity contribution < 1.29 is 64.2 Å². The van der Waals surface area contributed by atoms with Crippen LogP contribution in [0.4, 0.5) is 17.1 Å². The first kappa shape index (κ1) is 54.2. The summed E-state index contributed by atoms with van der Waals surface area (Å²) in [4.78, 5) is 46.3. The molecule has 0 aliphatic heterocycles. The van der Waals surface area contributed by atoms with Gasteiger partial charge in [-0.1, -0.05) is 0 Å². The molecule has 3 aromatic heterocycles. The zero-order chi connectivity index (χ0) is 47.4. The molecule has 0 spiro atoms. The van der Waals surface area contributed by atoms with Crippen LogP contribution in [0.1, 0.15) is 115 Å². The Morgan fingerprint density at radius 3 is 1.31 bits per heavy atom. The van der Waals surface area contributed by atoms with Gasteiger partial charge in [0.2, 0.25) is 0 Å². The number of thiazole rings is 3. The first-order chi connectivity index (χ1) is 31.6. The van der Waals surface area contributed by atoms with Crippen LogP contribution in [0.25, 0.3) is 31.7 Å². The maximum Gasteiger partial charge on any atom is 1.00 e. The number of carboxylic acids is 1. The summed E-state index contributed by atoms with van der Waals surface area (Å²) >= 11 is 4.43. The van der Waals surface area contributed by atoms with Gasteiger partial charge in [-0.25, -0.2) is 24.5 Å². The van der Waals surface area contributed by atoms with Gasteiger partial charge in [0.05, 0.1) is 74.9 Å². The van der Waals surface area contributed by atoms with E-state index in [-0.39, 0.29) is 48.6 Å². The van der Waals surface area contributed by atoms with Crippen molar-refractivity contribution in [1.82, 2.24) is 15.0 Å². The number of aromatic nitrogens is 3. The quantitative estimate of drug-likeness (QED) is 0.0887.